The second-order valence-corrected chi connectivity index (χ2v) is 9.30. The predicted octanol–water partition coefficient (Wildman–Crippen LogP) is 4.42. The van der Waals surface area contributed by atoms with Gasteiger partial charge in [0, 0.05) is 14.4 Å². The van der Waals surface area contributed by atoms with Gasteiger partial charge in [0.25, 0.3) is 0 Å². The smallest absolute Gasteiger partial charge is 0.195 e. The van der Waals surface area contributed by atoms with Crippen molar-refractivity contribution in [3.8, 4) is 5.75 Å². The van der Waals surface area contributed by atoms with E-state index >= 15 is 0 Å². The molecule has 0 heterocycles. The molecule has 1 rings (SSSR count). The van der Waals surface area contributed by atoms with E-state index in [-0.39, 0.29) is 5.85 Å². The van der Waals surface area contributed by atoms with E-state index in [1.54, 1.807) is 7.11 Å². The molecule has 0 spiro atoms. The molecule has 0 fully saturated rings. The van der Waals surface area contributed by atoms with Crippen LogP contribution in [0.5, 0.6) is 5.75 Å². The van der Waals surface area contributed by atoms with Gasteiger partial charge in [-0.2, -0.15) is 0 Å². The van der Waals surface area contributed by atoms with E-state index in [0.29, 0.717) is 0 Å². The second-order valence-electron chi connectivity index (χ2n) is 4.50. The van der Waals surface area contributed by atoms with Crippen LogP contribution in [0.25, 0.3) is 0 Å². The lowest BCUT2D eigenvalue weighted by Gasteiger charge is -2.32. The van der Waals surface area contributed by atoms with Crippen LogP contribution in [0.1, 0.15) is 32.2 Å². The van der Waals surface area contributed by atoms with Crippen molar-refractivity contribution in [1.82, 2.24) is 0 Å². The highest BCUT2D eigenvalue weighted by molar-refractivity contribution is 7.75. The molecule has 0 N–H and O–H groups in total. The van der Waals surface area contributed by atoms with Gasteiger partial charge in [-0.1, -0.05) is 12.1 Å². The molecular formula is C15H26O2P+. The van der Waals surface area contributed by atoms with Crippen LogP contribution in [-0.4, -0.2) is 32.7 Å². The fourth-order valence-corrected chi connectivity index (χ4v) is 6.27. The summed E-state index contributed by atoms with van der Waals surface area (Å²) in [6.07, 6.45) is 3.66. The highest BCUT2D eigenvalue weighted by Crippen LogP contribution is 2.69. The Bertz CT molecular complexity index is 353. The van der Waals surface area contributed by atoms with E-state index in [4.69, 9.17) is 9.47 Å². The number of hydrogen-bond acceptors (Lipinski definition) is 2. The Labute approximate surface area is 112 Å². The van der Waals surface area contributed by atoms with E-state index in [2.05, 4.69) is 32.9 Å². The molecule has 1 atom stereocenters. The standard InChI is InChI=1S/C15H26O2P/c1-6-18(7-2,8-3)15(17-5)13-11-9-10-12-14(13)16-4/h9-12,15H,6-8H2,1-5H3/q+1. The van der Waals surface area contributed by atoms with Crippen LogP contribution in [0.15, 0.2) is 24.3 Å². The van der Waals surface area contributed by atoms with Crippen LogP contribution in [0.2, 0.25) is 0 Å². The van der Waals surface area contributed by atoms with Crippen LogP contribution >= 0.6 is 7.26 Å². The molecule has 1 unspecified atom stereocenters. The fourth-order valence-electron chi connectivity index (χ4n) is 2.68. The lowest BCUT2D eigenvalue weighted by atomic mass is 10.2. The first-order valence-corrected chi connectivity index (χ1v) is 9.11. The first-order chi connectivity index (χ1) is 8.68. The zero-order valence-electron chi connectivity index (χ0n) is 12.3. The van der Waals surface area contributed by atoms with Gasteiger partial charge in [0.15, 0.2) is 5.85 Å². The lowest BCUT2D eigenvalue weighted by molar-refractivity contribution is 0.164. The summed E-state index contributed by atoms with van der Waals surface area (Å²) in [6.45, 7) is 6.88. The molecule has 0 bridgehead atoms. The highest BCUT2D eigenvalue weighted by atomic mass is 31.2. The number of methoxy groups -OCH3 is 2. The molecule has 0 aromatic heterocycles. The van der Waals surface area contributed by atoms with E-state index in [1.807, 2.05) is 19.2 Å². The van der Waals surface area contributed by atoms with Gasteiger partial charge in [0.1, 0.15) is 5.75 Å². The molecule has 0 aliphatic heterocycles. The average molecular weight is 269 g/mol. The van der Waals surface area contributed by atoms with E-state index < -0.39 is 7.26 Å². The number of ether oxygens (including phenoxy) is 2. The Balaban J connectivity index is 3.23. The summed E-state index contributed by atoms with van der Waals surface area (Å²) in [6, 6.07) is 8.25. The third kappa shape index (κ3) is 2.87. The van der Waals surface area contributed by atoms with Gasteiger partial charge in [-0.15, -0.1) is 0 Å². The summed E-state index contributed by atoms with van der Waals surface area (Å²) in [4.78, 5) is 0. The third-order valence-corrected chi connectivity index (χ3v) is 9.28. The first-order valence-electron chi connectivity index (χ1n) is 6.70. The zero-order chi connectivity index (χ0) is 13.6. The van der Waals surface area contributed by atoms with Gasteiger partial charge >= 0.3 is 0 Å². The molecule has 0 saturated heterocycles. The monoisotopic (exact) mass is 269 g/mol. The molecule has 3 heteroatoms. The Hall–Kier alpha value is -0.590. The van der Waals surface area contributed by atoms with Gasteiger partial charge in [0.05, 0.1) is 31.2 Å². The lowest BCUT2D eigenvalue weighted by Crippen LogP contribution is -2.15. The van der Waals surface area contributed by atoms with Crippen molar-refractivity contribution in [3.05, 3.63) is 29.8 Å². The Morgan fingerprint density at radius 1 is 1.00 bits per heavy atom. The van der Waals surface area contributed by atoms with Gasteiger partial charge in [-0.3, -0.25) is 0 Å². The van der Waals surface area contributed by atoms with Gasteiger partial charge in [-0.05, 0) is 32.9 Å². The highest BCUT2D eigenvalue weighted by Gasteiger charge is 2.43. The van der Waals surface area contributed by atoms with Crippen molar-refractivity contribution in [1.29, 1.82) is 0 Å². The maximum absolute atomic E-state index is 5.89. The molecule has 0 aliphatic rings. The third-order valence-electron chi connectivity index (χ3n) is 4.02. The topological polar surface area (TPSA) is 18.5 Å². The first kappa shape index (κ1) is 15.5. The van der Waals surface area contributed by atoms with Crippen molar-refractivity contribution in [2.24, 2.45) is 0 Å². The quantitative estimate of drug-likeness (QED) is 0.682. The Morgan fingerprint density at radius 2 is 1.56 bits per heavy atom. The van der Waals surface area contributed by atoms with E-state index in [0.717, 1.165) is 5.75 Å². The van der Waals surface area contributed by atoms with Crippen LogP contribution in [0.4, 0.5) is 0 Å². The number of benzene rings is 1. The molecule has 102 valence electrons. The maximum atomic E-state index is 5.89. The Morgan fingerprint density at radius 3 is 2.00 bits per heavy atom. The molecular weight excluding hydrogens is 243 g/mol. The molecule has 1 aromatic carbocycles. The predicted molar refractivity (Wildman–Crippen MR) is 81.3 cm³/mol. The van der Waals surface area contributed by atoms with Gasteiger partial charge in [-0.25, -0.2) is 0 Å². The zero-order valence-corrected chi connectivity index (χ0v) is 13.2. The van der Waals surface area contributed by atoms with Crippen molar-refractivity contribution in [3.63, 3.8) is 0 Å². The van der Waals surface area contributed by atoms with Crippen molar-refractivity contribution in [2.45, 2.75) is 26.6 Å². The number of rotatable bonds is 7. The molecule has 0 radical (unpaired) electrons. The van der Waals surface area contributed by atoms with Crippen LogP contribution < -0.4 is 4.74 Å². The number of hydrogen-bond donors (Lipinski definition) is 0. The van der Waals surface area contributed by atoms with Crippen molar-refractivity contribution in [2.75, 3.05) is 32.7 Å². The maximum Gasteiger partial charge on any atom is 0.195 e. The SMILES string of the molecule is CC[P+](CC)(CC)C(OC)c1ccccc1OC. The average Bonchev–Trinajstić information content (AvgIpc) is 2.45. The normalized spacial score (nSPS) is 13.4. The minimum atomic E-state index is -1.11. The van der Waals surface area contributed by atoms with Crippen LogP contribution in [0, 0.1) is 0 Å². The second kappa shape index (κ2) is 7.11. The summed E-state index contributed by atoms with van der Waals surface area (Å²) < 4.78 is 11.4. The van der Waals surface area contributed by atoms with Crippen molar-refractivity contribution >= 4 is 7.26 Å². The molecule has 0 saturated carbocycles. The van der Waals surface area contributed by atoms with Crippen LogP contribution in [0.3, 0.4) is 0 Å². The summed E-state index contributed by atoms with van der Waals surface area (Å²) in [7, 11) is 2.44. The van der Waals surface area contributed by atoms with E-state index in [1.165, 1.54) is 24.0 Å². The van der Waals surface area contributed by atoms with Gasteiger partial charge < -0.3 is 9.47 Å². The molecule has 2 nitrogen and oxygen atoms in total. The minimum absolute atomic E-state index is 0.202. The van der Waals surface area contributed by atoms with Crippen molar-refractivity contribution < 1.29 is 9.47 Å². The summed E-state index contributed by atoms with van der Waals surface area (Å²) in [5.74, 6) is 1.15. The molecule has 0 aliphatic carbocycles. The van der Waals surface area contributed by atoms with Crippen LogP contribution in [-0.2, 0) is 4.74 Å². The minimum Gasteiger partial charge on any atom is -0.496 e. The van der Waals surface area contributed by atoms with E-state index in [9.17, 15) is 0 Å². The summed E-state index contributed by atoms with van der Waals surface area (Å²) in [5.41, 5.74) is 1.21. The molecule has 0 amide bonds. The molecule has 1 aromatic rings. The Kier molecular flexibility index (Phi) is 6.11. The molecule has 18 heavy (non-hydrogen) atoms. The van der Waals surface area contributed by atoms with Gasteiger partial charge in [0.2, 0.25) is 0 Å². The summed E-state index contributed by atoms with van der Waals surface area (Å²) >= 11 is 0. The largest absolute Gasteiger partial charge is 0.496 e. The number of para-hydroxylation sites is 1. The summed E-state index contributed by atoms with van der Waals surface area (Å²) in [5, 5.41) is 0. The fraction of sp³-hybridized carbons (Fsp3) is 0.600.